The molecule has 66 valence electrons. The van der Waals surface area contributed by atoms with E-state index >= 15 is 0 Å². The van der Waals surface area contributed by atoms with Gasteiger partial charge in [-0.25, -0.2) is 0 Å². The highest BCUT2D eigenvalue weighted by atomic mass is 16.6. The van der Waals surface area contributed by atoms with Gasteiger partial charge < -0.3 is 5.21 Å². The van der Waals surface area contributed by atoms with Crippen LogP contribution >= 0.6 is 0 Å². The van der Waals surface area contributed by atoms with Crippen molar-refractivity contribution in [3.05, 3.63) is 10.1 Å². The van der Waals surface area contributed by atoms with Gasteiger partial charge in [0.2, 0.25) is 0 Å². The highest BCUT2D eigenvalue weighted by Gasteiger charge is 2.52. The molecule has 0 heterocycles. The van der Waals surface area contributed by atoms with Crippen LogP contribution in [0.25, 0.3) is 0 Å². The fourth-order valence-electron chi connectivity index (χ4n) is 2.48. The van der Waals surface area contributed by atoms with Crippen LogP contribution in [0.15, 0.2) is 5.16 Å². The largest absolute Gasteiger partial charge is 0.411 e. The molecule has 1 N–H and O–H groups in total. The van der Waals surface area contributed by atoms with Crippen LogP contribution in [0, 0.1) is 22.0 Å². The lowest BCUT2D eigenvalue weighted by Crippen LogP contribution is -2.35. The first kappa shape index (κ1) is 7.52. The normalized spacial score (nSPS) is 42.3. The molecule has 5 heteroatoms. The molecule has 5 nitrogen and oxygen atoms in total. The molecule has 2 rings (SSSR count). The van der Waals surface area contributed by atoms with Gasteiger partial charge in [0.1, 0.15) is 5.71 Å². The van der Waals surface area contributed by atoms with E-state index in [1.807, 2.05) is 0 Å². The Kier molecular flexibility index (Phi) is 1.52. The number of nitro groups is 1. The van der Waals surface area contributed by atoms with Crippen molar-refractivity contribution < 1.29 is 10.1 Å². The molecule has 12 heavy (non-hydrogen) atoms. The van der Waals surface area contributed by atoms with Crippen LogP contribution in [0.5, 0.6) is 0 Å². The van der Waals surface area contributed by atoms with Crippen LogP contribution in [0.4, 0.5) is 0 Å². The van der Waals surface area contributed by atoms with Crippen molar-refractivity contribution >= 4 is 5.71 Å². The lowest BCUT2D eigenvalue weighted by Gasteiger charge is -2.14. The average Bonchev–Trinajstić information content (AvgIpc) is 2.60. The van der Waals surface area contributed by atoms with Crippen molar-refractivity contribution in [2.45, 2.75) is 25.3 Å². The maximum absolute atomic E-state index is 10.6. The van der Waals surface area contributed by atoms with Crippen molar-refractivity contribution in [1.29, 1.82) is 0 Å². The first-order valence-electron chi connectivity index (χ1n) is 4.09. The van der Waals surface area contributed by atoms with Crippen LogP contribution in [-0.4, -0.2) is 21.9 Å². The third kappa shape index (κ3) is 0.821. The minimum atomic E-state index is -0.700. The number of fused-ring (bicyclic) bond motifs is 2. The Balaban J connectivity index is 2.28. The average molecular weight is 170 g/mol. The molecule has 2 fully saturated rings. The van der Waals surface area contributed by atoms with E-state index in [1.54, 1.807) is 0 Å². The van der Waals surface area contributed by atoms with Crippen molar-refractivity contribution in [2.24, 2.45) is 17.0 Å². The predicted molar refractivity (Wildman–Crippen MR) is 40.8 cm³/mol. The number of hydrogen-bond acceptors (Lipinski definition) is 4. The number of rotatable bonds is 1. The Morgan fingerprint density at radius 1 is 1.58 bits per heavy atom. The molecular formula is C7H10N2O3. The molecule has 2 aliphatic carbocycles. The van der Waals surface area contributed by atoms with Gasteiger partial charge in [-0.15, -0.1) is 0 Å². The molecule has 0 saturated heterocycles. The van der Waals surface area contributed by atoms with Gasteiger partial charge in [0.25, 0.3) is 6.04 Å². The molecule has 3 atom stereocenters. The summed E-state index contributed by atoms with van der Waals surface area (Å²) in [5, 5.41) is 22.2. The Bertz CT molecular complexity index is 251. The monoisotopic (exact) mass is 170 g/mol. The summed E-state index contributed by atoms with van der Waals surface area (Å²) in [7, 11) is 0. The zero-order chi connectivity index (χ0) is 8.72. The van der Waals surface area contributed by atoms with E-state index in [1.165, 1.54) is 0 Å². The van der Waals surface area contributed by atoms with Gasteiger partial charge in [-0.2, -0.15) is 0 Å². The molecule has 2 bridgehead atoms. The molecule has 0 aliphatic heterocycles. The van der Waals surface area contributed by atoms with Gasteiger partial charge in [0, 0.05) is 16.8 Å². The summed E-state index contributed by atoms with van der Waals surface area (Å²) in [6.45, 7) is 0. The molecule has 0 spiro atoms. The molecule has 2 saturated carbocycles. The van der Waals surface area contributed by atoms with E-state index < -0.39 is 6.04 Å². The van der Waals surface area contributed by atoms with Crippen LogP contribution in [0.1, 0.15) is 19.3 Å². The smallest absolute Gasteiger partial charge is 0.257 e. The van der Waals surface area contributed by atoms with Crippen LogP contribution in [-0.2, 0) is 0 Å². The van der Waals surface area contributed by atoms with Gasteiger partial charge in [-0.1, -0.05) is 5.16 Å². The number of nitrogens with zero attached hydrogens (tertiary/aromatic N) is 2. The molecule has 0 unspecified atom stereocenters. The fourth-order valence-corrected chi connectivity index (χ4v) is 2.48. The third-order valence-corrected chi connectivity index (χ3v) is 2.98. The molecule has 2 aliphatic rings. The molecular weight excluding hydrogens is 160 g/mol. The minimum absolute atomic E-state index is 0.121. The van der Waals surface area contributed by atoms with E-state index in [9.17, 15) is 10.1 Å². The summed E-state index contributed by atoms with van der Waals surface area (Å²) in [4.78, 5) is 10.3. The fraction of sp³-hybridized carbons (Fsp3) is 0.857. The maximum atomic E-state index is 10.6. The van der Waals surface area contributed by atoms with Gasteiger partial charge >= 0.3 is 0 Å². The molecule has 0 amide bonds. The quantitative estimate of drug-likeness (QED) is 0.360. The van der Waals surface area contributed by atoms with Crippen molar-refractivity contribution in [3.63, 3.8) is 0 Å². The Labute approximate surface area is 69.2 Å². The van der Waals surface area contributed by atoms with Gasteiger partial charge in [-0.05, 0) is 19.3 Å². The van der Waals surface area contributed by atoms with Gasteiger partial charge in [0.05, 0.1) is 0 Å². The highest BCUT2D eigenvalue weighted by Crippen LogP contribution is 2.43. The zero-order valence-corrected chi connectivity index (χ0v) is 6.51. The van der Waals surface area contributed by atoms with Crippen molar-refractivity contribution in [1.82, 2.24) is 0 Å². The van der Waals surface area contributed by atoms with Crippen LogP contribution < -0.4 is 0 Å². The van der Waals surface area contributed by atoms with E-state index in [4.69, 9.17) is 5.21 Å². The highest BCUT2D eigenvalue weighted by molar-refractivity contribution is 5.93. The Morgan fingerprint density at radius 2 is 2.33 bits per heavy atom. The summed E-state index contributed by atoms with van der Waals surface area (Å²) >= 11 is 0. The van der Waals surface area contributed by atoms with Crippen molar-refractivity contribution in [2.75, 3.05) is 0 Å². The van der Waals surface area contributed by atoms with Crippen molar-refractivity contribution in [3.8, 4) is 0 Å². The standard InChI is InChI=1S/C7H10N2O3/c10-8-6-4-1-2-5(3-4)7(6)9(11)12/h4-5,7,10H,1-3H2/t4-,5+,7-/m1/s1. The second-order valence-corrected chi connectivity index (χ2v) is 3.53. The Hall–Kier alpha value is -1.13. The third-order valence-electron chi connectivity index (χ3n) is 2.98. The minimum Gasteiger partial charge on any atom is -0.411 e. The summed E-state index contributed by atoms with van der Waals surface area (Å²) in [5.74, 6) is 0.297. The summed E-state index contributed by atoms with van der Waals surface area (Å²) in [6, 6.07) is -0.700. The Morgan fingerprint density at radius 3 is 2.83 bits per heavy atom. The van der Waals surface area contributed by atoms with E-state index in [2.05, 4.69) is 5.16 Å². The maximum Gasteiger partial charge on any atom is 0.257 e. The van der Waals surface area contributed by atoms with Gasteiger partial charge in [-0.3, -0.25) is 10.1 Å². The van der Waals surface area contributed by atoms with E-state index in [0.29, 0.717) is 5.71 Å². The lowest BCUT2D eigenvalue weighted by atomic mass is 9.94. The summed E-state index contributed by atoms with van der Waals surface area (Å²) in [6.07, 6.45) is 2.70. The van der Waals surface area contributed by atoms with Gasteiger partial charge in [0.15, 0.2) is 0 Å². The van der Waals surface area contributed by atoms with E-state index in [-0.39, 0.29) is 16.8 Å². The zero-order valence-electron chi connectivity index (χ0n) is 6.51. The molecule has 0 aromatic rings. The first-order valence-corrected chi connectivity index (χ1v) is 4.09. The summed E-state index contributed by atoms with van der Waals surface area (Å²) in [5.41, 5.74) is 0.399. The van der Waals surface area contributed by atoms with Crippen LogP contribution in [0.2, 0.25) is 0 Å². The topological polar surface area (TPSA) is 75.7 Å². The predicted octanol–water partition coefficient (Wildman–Crippen LogP) is 0.892. The second-order valence-electron chi connectivity index (χ2n) is 3.53. The number of hydrogen-bond donors (Lipinski definition) is 1. The summed E-state index contributed by atoms with van der Waals surface area (Å²) < 4.78 is 0. The van der Waals surface area contributed by atoms with Crippen LogP contribution in [0.3, 0.4) is 0 Å². The van der Waals surface area contributed by atoms with E-state index in [0.717, 1.165) is 19.3 Å². The SMILES string of the molecule is O=[N+]([O-])[C@H]1C(=NO)[C@@H]2CC[C@H]1C2. The number of oxime groups is 1. The first-order chi connectivity index (χ1) is 5.74. The molecule has 0 radical (unpaired) electrons. The molecule has 0 aromatic carbocycles. The second kappa shape index (κ2) is 2.43. The molecule has 0 aromatic heterocycles. The lowest BCUT2D eigenvalue weighted by molar-refractivity contribution is -0.510.